The molecular weight excluding hydrogens is 342 g/mol. The fraction of sp³-hybridized carbons (Fsp3) is 0.250. The minimum Gasteiger partial charge on any atom is -0.357 e. The molecule has 26 heavy (non-hydrogen) atoms. The van der Waals surface area contributed by atoms with Crippen LogP contribution in [-0.2, 0) is 13.0 Å². The van der Waals surface area contributed by atoms with Crippen LogP contribution in [0.5, 0.6) is 0 Å². The summed E-state index contributed by atoms with van der Waals surface area (Å²) in [5, 5.41) is 9.73. The lowest BCUT2D eigenvalue weighted by Gasteiger charge is -2.10. The predicted octanol–water partition coefficient (Wildman–Crippen LogP) is 3.50. The summed E-state index contributed by atoms with van der Waals surface area (Å²) in [6.07, 6.45) is 2.68. The van der Waals surface area contributed by atoms with Gasteiger partial charge in [0.1, 0.15) is 5.01 Å². The number of aromatic nitrogens is 2. The lowest BCUT2D eigenvalue weighted by atomic mass is 10.2. The molecule has 0 radical (unpaired) electrons. The second kappa shape index (κ2) is 9.68. The van der Waals surface area contributed by atoms with E-state index in [0.717, 1.165) is 47.4 Å². The van der Waals surface area contributed by atoms with Crippen LogP contribution in [0.2, 0.25) is 0 Å². The molecule has 0 atom stereocenters. The molecule has 6 heteroatoms. The smallest absolute Gasteiger partial charge is 0.191 e. The lowest BCUT2D eigenvalue weighted by Crippen LogP contribution is -2.38. The highest BCUT2D eigenvalue weighted by molar-refractivity contribution is 7.13. The monoisotopic (exact) mass is 365 g/mol. The SMILES string of the molecule is CCNC(=NCc1csc(-c2ccccc2)n1)NCCc1ccccn1. The highest BCUT2D eigenvalue weighted by Crippen LogP contribution is 2.23. The van der Waals surface area contributed by atoms with Gasteiger partial charge in [0.15, 0.2) is 5.96 Å². The Morgan fingerprint density at radius 3 is 2.65 bits per heavy atom. The van der Waals surface area contributed by atoms with E-state index in [4.69, 9.17) is 0 Å². The topological polar surface area (TPSA) is 62.2 Å². The van der Waals surface area contributed by atoms with E-state index >= 15 is 0 Å². The molecule has 0 aliphatic heterocycles. The largest absolute Gasteiger partial charge is 0.357 e. The van der Waals surface area contributed by atoms with Crippen molar-refractivity contribution in [3.63, 3.8) is 0 Å². The number of thiazole rings is 1. The fourth-order valence-electron chi connectivity index (χ4n) is 2.45. The Hall–Kier alpha value is -2.73. The van der Waals surface area contributed by atoms with Crippen LogP contribution >= 0.6 is 11.3 Å². The molecule has 3 rings (SSSR count). The molecule has 134 valence electrons. The average molecular weight is 366 g/mol. The van der Waals surface area contributed by atoms with E-state index in [1.165, 1.54) is 0 Å². The van der Waals surface area contributed by atoms with Gasteiger partial charge < -0.3 is 10.6 Å². The van der Waals surface area contributed by atoms with Gasteiger partial charge in [-0.3, -0.25) is 4.98 Å². The van der Waals surface area contributed by atoms with Gasteiger partial charge in [0, 0.05) is 42.3 Å². The van der Waals surface area contributed by atoms with E-state index in [1.54, 1.807) is 11.3 Å². The van der Waals surface area contributed by atoms with E-state index in [-0.39, 0.29) is 0 Å². The molecule has 2 heterocycles. The Bertz CT molecular complexity index is 814. The average Bonchev–Trinajstić information content (AvgIpc) is 3.17. The second-order valence-corrected chi connectivity index (χ2v) is 6.56. The summed E-state index contributed by atoms with van der Waals surface area (Å²) in [5.74, 6) is 0.803. The van der Waals surface area contributed by atoms with Crippen molar-refractivity contribution in [3.05, 3.63) is 71.5 Å². The van der Waals surface area contributed by atoms with Crippen LogP contribution < -0.4 is 10.6 Å². The first-order valence-electron chi connectivity index (χ1n) is 8.77. The summed E-state index contributed by atoms with van der Waals surface area (Å²) in [7, 11) is 0. The third-order valence-electron chi connectivity index (χ3n) is 3.72. The van der Waals surface area contributed by atoms with Gasteiger partial charge in [-0.2, -0.15) is 0 Å². The molecular formula is C20H23N5S. The summed E-state index contributed by atoms with van der Waals surface area (Å²) in [6, 6.07) is 16.2. The Morgan fingerprint density at radius 1 is 1.04 bits per heavy atom. The summed E-state index contributed by atoms with van der Waals surface area (Å²) in [5.41, 5.74) is 3.20. The first-order chi connectivity index (χ1) is 12.8. The van der Waals surface area contributed by atoms with Gasteiger partial charge in [0.2, 0.25) is 0 Å². The summed E-state index contributed by atoms with van der Waals surface area (Å²) in [6.45, 7) is 4.23. The quantitative estimate of drug-likeness (QED) is 0.497. The molecule has 0 saturated heterocycles. The highest BCUT2D eigenvalue weighted by atomic mass is 32.1. The molecule has 0 aliphatic carbocycles. The maximum Gasteiger partial charge on any atom is 0.191 e. The molecule has 0 saturated carbocycles. The maximum absolute atomic E-state index is 4.69. The molecule has 0 amide bonds. The van der Waals surface area contributed by atoms with Gasteiger partial charge >= 0.3 is 0 Å². The number of rotatable bonds is 7. The van der Waals surface area contributed by atoms with E-state index < -0.39 is 0 Å². The van der Waals surface area contributed by atoms with Crippen molar-refractivity contribution in [2.45, 2.75) is 19.9 Å². The number of pyridine rings is 1. The molecule has 0 bridgehead atoms. The Morgan fingerprint density at radius 2 is 1.88 bits per heavy atom. The molecule has 1 aromatic carbocycles. The van der Waals surface area contributed by atoms with Crippen molar-refractivity contribution in [1.29, 1.82) is 0 Å². The van der Waals surface area contributed by atoms with Gasteiger partial charge in [-0.15, -0.1) is 11.3 Å². The number of hydrogen-bond acceptors (Lipinski definition) is 4. The minimum atomic E-state index is 0.558. The third-order valence-corrected chi connectivity index (χ3v) is 4.66. The molecule has 0 fully saturated rings. The Labute approximate surface area is 158 Å². The summed E-state index contributed by atoms with van der Waals surface area (Å²) >= 11 is 1.65. The number of nitrogens with zero attached hydrogens (tertiary/aromatic N) is 3. The fourth-order valence-corrected chi connectivity index (χ4v) is 3.27. The molecule has 5 nitrogen and oxygen atoms in total. The van der Waals surface area contributed by atoms with Crippen LogP contribution in [0.1, 0.15) is 18.3 Å². The molecule has 0 spiro atoms. The summed E-state index contributed by atoms with van der Waals surface area (Å²) in [4.78, 5) is 13.7. The molecule has 0 unspecified atom stereocenters. The number of hydrogen-bond donors (Lipinski definition) is 2. The first kappa shape index (κ1) is 18.1. The van der Waals surface area contributed by atoms with Crippen LogP contribution in [0.25, 0.3) is 10.6 Å². The second-order valence-electron chi connectivity index (χ2n) is 5.70. The third kappa shape index (κ3) is 5.39. The normalized spacial score (nSPS) is 11.3. The highest BCUT2D eigenvalue weighted by Gasteiger charge is 2.04. The lowest BCUT2D eigenvalue weighted by molar-refractivity contribution is 0.786. The zero-order valence-corrected chi connectivity index (χ0v) is 15.7. The predicted molar refractivity (Wildman–Crippen MR) is 108 cm³/mol. The number of nitrogens with one attached hydrogen (secondary N) is 2. The molecule has 2 aromatic heterocycles. The minimum absolute atomic E-state index is 0.558. The standard InChI is InChI=1S/C20H23N5S/c1-2-21-20(23-13-11-17-10-6-7-12-22-17)24-14-18-15-26-19(25-18)16-8-4-3-5-9-16/h3-10,12,15H,2,11,13-14H2,1H3,(H2,21,23,24). The van der Waals surface area contributed by atoms with Crippen LogP contribution in [0.4, 0.5) is 0 Å². The Kier molecular flexibility index (Phi) is 6.73. The van der Waals surface area contributed by atoms with Crippen LogP contribution in [0.15, 0.2) is 65.1 Å². The van der Waals surface area contributed by atoms with E-state index in [1.807, 2.05) is 42.6 Å². The Balaban J connectivity index is 1.56. The van der Waals surface area contributed by atoms with Gasteiger partial charge in [0.25, 0.3) is 0 Å². The summed E-state index contributed by atoms with van der Waals surface area (Å²) < 4.78 is 0. The molecule has 3 aromatic rings. The van der Waals surface area contributed by atoms with Gasteiger partial charge in [-0.05, 0) is 19.1 Å². The molecule has 2 N–H and O–H groups in total. The first-order valence-corrected chi connectivity index (χ1v) is 9.65. The van der Waals surface area contributed by atoms with Gasteiger partial charge in [-0.1, -0.05) is 36.4 Å². The van der Waals surface area contributed by atoms with Crippen molar-refractivity contribution >= 4 is 17.3 Å². The zero-order chi connectivity index (χ0) is 18.0. The van der Waals surface area contributed by atoms with Crippen molar-refractivity contribution in [2.75, 3.05) is 13.1 Å². The van der Waals surface area contributed by atoms with Crippen molar-refractivity contribution in [3.8, 4) is 10.6 Å². The van der Waals surface area contributed by atoms with Crippen molar-refractivity contribution < 1.29 is 0 Å². The van der Waals surface area contributed by atoms with Crippen molar-refractivity contribution in [1.82, 2.24) is 20.6 Å². The van der Waals surface area contributed by atoms with E-state index in [9.17, 15) is 0 Å². The molecule has 0 aliphatic rings. The zero-order valence-electron chi connectivity index (χ0n) is 14.9. The van der Waals surface area contributed by atoms with Gasteiger partial charge in [0.05, 0.1) is 12.2 Å². The van der Waals surface area contributed by atoms with Gasteiger partial charge in [-0.25, -0.2) is 9.98 Å². The van der Waals surface area contributed by atoms with Crippen LogP contribution in [0.3, 0.4) is 0 Å². The van der Waals surface area contributed by atoms with Crippen LogP contribution in [-0.4, -0.2) is 29.0 Å². The number of aliphatic imine (C=N–C) groups is 1. The van der Waals surface area contributed by atoms with E-state index in [0.29, 0.717) is 6.54 Å². The van der Waals surface area contributed by atoms with E-state index in [2.05, 4.69) is 50.0 Å². The maximum atomic E-state index is 4.69. The number of benzene rings is 1. The number of guanidine groups is 1. The van der Waals surface area contributed by atoms with Crippen molar-refractivity contribution in [2.24, 2.45) is 4.99 Å². The van der Waals surface area contributed by atoms with Crippen LogP contribution in [0, 0.1) is 0 Å².